The molecule has 0 bridgehead atoms. The Morgan fingerprint density at radius 2 is 2.19 bits per heavy atom. The number of nitrogens with zero attached hydrogens (tertiary/aromatic N) is 3. The van der Waals surface area contributed by atoms with E-state index in [1.54, 1.807) is 12.3 Å². The smallest absolute Gasteiger partial charge is 0.295 e. The van der Waals surface area contributed by atoms with Crippen LogP contribution in [0, 0.1) is 16.0 Å². The number of pyridine rings is 1. The monoisotopic (exact) mass is 287 g/mol. The minimum atomic E-state index is -0.401. The fourth-order valence-electron chi connectivity index (χ4n) is 2.96. The lowest BCUT2D eigenvalue weighted by Crippen LogP contribution is -2.37. The first-order chi connectivity index (χ1) is 10.1. The van der Waals surface area contributed by atoms with Crippen LogP contribution in [-0.4, -0.2) is 34.7 Å². The van der Waals surface area contributed by atoms with Crippen LogP contribution < -0.4 is 4.90 Å². The summed E-state index contributed by atoms with van der Waals surface area (Å²) in [5, 5.41) is 21.2. The first-order valence-electron chi connectivity index (χ1n) is 6.97. The minimum absolute atomic E-state index is 0.0295. The highest BCUT2D eigenvalue weighted by atomic mass is 16.6. The third-order valence-electron chi connectivity index (χ3n) is 4.08. The molecule has 0 saturated heterocycles. The van der Waals surface area contributed by atoms with E-state index in [4.69, 9.17) is 0 Å². The maximum atomic E-state index is 11.1. The average Bonchev–Trinajstić information content (AvgIpc) is 2.44. The van der Waals surface area contributed by atoms with Crippen LogP contribution in [0.1, 0.15) is 12.8 Å². The van der Waals surface area contributed by atoms with E-state index in [2.05, 4.69) is 9.88 Å². The normalized spacial score (nSPS) is 21.0. The predicted octanol–water partition coefficient (Wildman–Crippen LogP) is 2.35. The molecule has 0 atom stereocenters. The van der Waals surface area contributed by atoms with E-state index < -0.39 is 4.92 Å². The fraction of sp³-hybridized carbons (Fsp3) is 0.400. The van der Waals surface area contributed by atoms with E-state index in [0.29, 0.717) is 11.4 Å². The Labute approximate surface area is 122 Å². The van der Waals surface area contributed by atoms with E-state index in [9.17, 15) is 15.2 Å². The number of aliphatic hydroxyl groups is 1. The lowest BCUT2D eigenvalue weighted by molar-refractivity contribution is -0.383. The molecule has 110 valence electrons. The first kappa shape index (κ1) is 13.8. The lowest BCUT2D eigenvalue weighted by atomic mass is 9.82. The summed E-state index contributed by atoms with van der Waals surface area (Å²) in [6, 6.07) is 6.89. The number of nitro groups is 1. The molecule has 1 heterocycles. The highest BCUT2D eigenvalue weighted by molar-refractivity contribution is 5.96. The Balaban J connectivity index is 1.95. The summed E-state index contributed by atoms with van der Waals surface area (Å²) in [6.45, 7) is 0.832. The van der Waals surface area contributed by atoms with Crippen molar-refractivity contribution in [2.24, 2.45) is 5.92 Å². The number of benzene rings is 1. The van der Waals surface area contributed by atoms with Gasteiger partial charge in [0.2, 0.25) is 0 Å². The molecular formula is C15H17N3O3. The molecule has 0 spiro atoms. The maximum absolute atomic E-state index is 11.1. The number of aromatic nitrogens is 1. The Kier molecular flexibility index (Phi) is 3.47. The molecule has 0 amide bonds. The zero-order valence-corrected chi connectivity index (χ0v) is 11.8. The highest BCUT2D eigenvalue weighted by Gasteiger charge is 2.28. The van der Waals surface area contributed by atoms with Gasteiger partial charge in [-0.2, -0.15) is 0 Å². The molecule has 0 radical (unpaired) electrons. The molecule has 0 unspecified atom stereocenters. The van der Waals surface area contributed by atoms with Crippen LogP contribution in [0.25, 0.3) is 10.9 Å². The van der Waals surface area contributed by atoms with Gasteiger partial charge in [-0.15, -0.1) is 0 Å². The van der Waals surface area contributed by atoms with Crippen LogP contribution in [0.2, 0.25) is 0 Å². The molecule has 1 aromatic heterocycles. The number of rotatable bonds is 4. The largest absolute Gasteiger partial charge is 0.393 e. The van der Waals surface area contributed by atoms with Gasteiger partial charge in [0, 0.05) is 36.9 Å². The molecule has 1 fully saturated rings. The van der Waals surface area contributed by atoms with Gasteiger partial charge in [0.25, 0.3) is 5.69 Å². The molecule has 0 aliphatic heterocycles. The molecule has 1 aliphatic carbocycles. The van der Waals surface area contributed by atoms with Crippen LogP contribution in [0.5, 0.6) is 0 Å². The molecular weight excluding hydrogens is 270 g/mol. The second-order valence-electron chi connectivity index (χ2n) is 5.63. The number of hydrogen-bond donors (Lipinski definition) is 1. The molecule has 6 heteroatoms. The summed E-state index contributed by atoms with van der Waals surface area (Å²) in [4.78, 5) is 16.9. The summed E-state index contributed by atoms with van der Waals surface area (Å²) < 4.78 is 0. The van der Waals surface area contributed by atoms with Gasteiger partial charge in [0.1, 0.15) is 5.52 Å². The van der Waals surface area contributed by atoms with Gasteiger partial charge in [-0.3, -0.25) is 10.1 Å². The molecule has 1 aromatic carbocycles. The van der Waals surface area contributed by atoms with Gasteiger partial charge >= 0.3 is 0 Å². The van der Waals surface area contributed by atoms with Crippen LogP contribution in [0.4, 0.5) is 11.4 Å². The zero-order valence-electron chi connectivity index (χ0n) is 11.8. The van der Waals surface area contributed by atoms with E-state index in [1.165, 1.54) is 6.07 Å². The number of para-hydroxylation sites is 1. The van der Waals surface area contributed by atoms with Crippen molar-refractivity contribution in [3.63, 3.8) is 0 Å². The SMILES string of the molecule is CN(CC1CC(O)C1)c1ccnc2c([N+](=O)[O-])cccc12. The van der Waals surface area contributed by atoms with Crippen molar-refractivity contribution in [1.29, 1.82) is 0 Å². The number of anilines is 1. The van der Waals surface area contributed by atoms with Crippen molar-refractivity contribution in [3.05, 3.63) is 40.6 Å². The van der Waals surface area contributed by atoms with E-state index in [-0.39, 0.29) is 11.8 Å². The highest BCUT2D eigenvalue weighted by Crippen LogP contribution is 2.33. The van der Waals surface area contributed by atoms with Crippen molar-refractivity contribution in [3.8, 4) is 0 Å². The minimum Gasteiger partial charge on any atom is -0.393 e. The van der Waals surface area contributed by atoms with Crippen LogP contribution in [0.3, 0.4) is 0 Å². The maximum Gasteiger partial charge on any atom is 0.295 e. The van der Waals surface area contributed by atoms with Gasteiger partial charge in [-0.25, -0.2) is 4.98 Å². The molecule has 1 saturated carbocycles. The lowest BCUT2D eigenvalue weighted by Gasteiger charge is -2.35. The number of nitro benzene ring substituents is 1. The topological polar surface area (TPSA) is 79.5 Å². The quantitative estimate of drug-likeness (QED) is 0.689. The van der Waals surface area contributed by atoms with Crippen molar-refractivity contribution in [2.75, 3.05) is 18.5 Å². The molecule has 2 aromatic rings. The predicted molar refractivity (Wildman–Crippen MR) is 80.4 cm³/mol. The Bertz CT molecular complexity index is 683. The van der Waals surface area contributed by atoms with Crippen LogP contribution in [0.15, 0.2) is 30.5 Å². The van der Waals surface area contributed by atoms with Crippen molar-refractivity contribution in [1.82, 2.24) is 4.98 Å². The third kappa shape index (κ3) is 2.54. The molecule has 1 N–H and O–H groups in total. The summed E-state index contributed by atoms with van der Waals surface area (Å²) >= 11 is 0. The van der Waals surface area contributed by atoms with Crippen molar-refractivity contribution >= 4 is 22.3 Å². The Morgan fingerprint density at radius 3 is 2.86 bits per heavy atom. The number of non-ortho nitro benzene ring substituents is 1. The number of aliphatic hydroxyl groups excluding tert-OH is 1. The molecule has 3 rings (SSSR count). The second-order valence-corrected chi connectivity index (χ2v) is 5.63. The molecule has 21 heavy (non-hydrogen) atoms. The van der Waals surface area contributed by atoms with Crippen LogP contribution in [-0.2, 0) is 0 Å². The van der Waals surface area contributed by atoms with Crippen molar-refractivity contribution in [2.45, 2.75) is 18.9 Å². The number of hydrogen-bond acceptors (Lipinski definition) is 5. The Hall–Kier alpha value is -2.21. The zero-order chi connectivity index (χ0) is 15.0. The Morgan fingerprint density at radius 1 is 1.43 bits per heavy atom. The summed E-state index contributed by atoms with van der Waals surface area (Å²) in [6.07, 6.45) is 3.09. The van der Waals surface area contributed by atoms with E-state index in [1.807, 2.05) is 19.2 Å². The van der Waals surface area contributed by atoms with Crippen LogP contribution >= 0.6 is 0 Å². The first-order valence-corrected chi connectivity index (χ1v) is 6.97. The van der Waals surface area contributed by atoms with Gasteiger partial charge < -0.3 is 10.0 Å². The fourth-order valence-corrected chi connectivity index (χ4v) is 2.96. The van der Waals surface area contributed by atoms with E-state index >= 15 is 0 Å². The van der Waals surface area contributed by atoms with Gasteiger partial charge in [-0.05, 0) is 24.8 Å². The van der Waals surface area contributed by atoms with Gasteiger partial charge in [0.05, 0.1) is 11.0 Å². The summed E-state index contributed by atoms with van der Waals surface area (Å²) in [5.41, 5.74) is 1.38. The third-order valence-corrected chi connectivity index (χ3v) is 4.08. The second kappa shape index (κ2) is 5.29. The van der Waals surface area contributed by atoms with E-state index in [0.717, 1.165) is 30.5 Å². The van der Waals surface area contributed by atoms with Gasteiger partial charge in [0.15, 0.2) is 0 Å². The molecule has 1 aliphatic rings. The summed E-state index contributed by atoms with van der Waals surface area (Å²) in [5.74, 6) is 0.479. The number of fused-ring (bicyclic) bond motifs is 1. The molecule has 6 nitrogen and oxygen atoms in total. The average molecular weight is 287 g/mol. The van der Waals surface area contributed by atoms with Gasteiger partial charge in [-0.1, -0.05) is 12.1 Å². The van der Waals surface area contributed by atoms with Crippen molar-refractivity contribution < 1.29 is 10.0 Å². The standard InChI is InChI=1S/C15H17N3O3/c1-17(9-10-7-11(19)8-10)13-5-6-16-15-12(13)3-2-4-14(15)18(20)21/h2-6,10-11,19H,7-9H2,1H3. The summed E-state index contributed by atoms with van der Waals surface area (Å²) in [7, 11) is 1.97.